The molecule has 0 aliphatic rings. The van der Waals surface area contributed by atoms with Gasteiger partial charge in [-0.25, -0.2) is 4.79 Å². The molecule has 0 unspecified atom stereocenters. The molecule has 8 heteroatoms. The molecular weight excluding hydrogens is 438 g/mol. The van der Waals surface area contributed by atoms with E-state index in [-0.39, 0.29) is 5.57 Å². The highest BCUT2D eigenvalue weighted by molar-refractivity contribution is 9.39. The third-order valence-electron chi connectivity index (χ3n) is 0.879. The summed E-state index contributed by atoms with van der Waals surface area (Å²) in [6.07, 6.45) is 0.797. The van der Waals surface area contributed by atoms with Crippen LogP contribution in [0.5, 0.6) is 0 Å². The largest absolute Gasteiger partial charge is 0.478 e. The fourth-order valence-electron chi connectivity index (χ4n) is 0.448. The summed E-state index contributed by atoms with van der Waals surface area (Å²) < 4.78 is -2.86. The molecule has 0 radical (unpaired) electrons. The molecule has 0 aromatic carbocycles. The minimum Gasteiger partial charge on any atom is -0.478 e. The summed E-state index contributed by atoms with van der Waals surface area (Å²) >= 11 is 25.8. The van der Waals surface area contributed by atoms with Gasteiger partial charge in [-0.3, -0.25) is 0 Å². The summed E-state index contributed by atoms with van der Waals surface area (Å²) in [7, 11) is 0. The van der Waals surface area contributed by atoms with Gasteiger partial charge in [0.05, 0.1) is 0 Å². The summed E-state index contributed by atoms with van der Waals surface area (Å²) in [5.74, 6) is -1.20. The molecule has 0 amide bonds. The fourth-order valence-corrected chi connectivity index (χ4v) is 3.30. The van der Waals surface area contributed by atoms with Gasteiger partial charge in [0.1, 0.15) is 0 Å². The third-order valence-corrected chi connectivity index (χ3v) is 2.77. The van der Waals surface area contributed by atoms with Gasteiger partial charge in [0.15, 0.2) is 2.14 Å². The maximum Gasteiger partial charge on any atom is 0.328 e. The van der Waals surface area contributed by atoms with E-state index in [2.05, 4.69) is 47.8 Å². The van der Waals surface area contributed by atoms with E-state index in [4.69, 9.17) is 39.9 Å². The van der Waals surface area contributed by atoms with E-state index >= 15 is 0 Å². The molecule has 0 aromatic rings. The molecule has 13 heavy (non-hydrogen) atoms. The van der Waals surface area contributed by atoms with Crippen LogP contribution in [-0.2, 0) is 4.79 Å². The average molecular weight is 440 g/mol. The van der Waals surface area contributed by atoms with E-state index < -0.39 is 11.9 Å². The van der Waals surface area contributed by atoms with E-state index in [1.54, 1.807) is 0 Å². The second-order valence-electron chi connectivity index (χ2n) is 1.89. The molecule has 0 heterocycles. The number of carbonyl (C=O) groups is 1. The lowest BCUT2D eigenvalue weighted by Gasteiger charge is -2.22. The van der Waals surface area contributed by atoms with Crippen LogP contribution in [0.1, 0.15) is 0 Å². The molecule has 2 nitrogen and oxygen atoms in total. The number of aliphatic carboxylic acids is 1. The quantitative estimate of drug-likeness (QED) is 0.490. The first kappa shape index (κ1) is 14.5. The van der Waals surface area contributed by atoms with E-state index in [1.165, 1.54) is 0 Å². The van der Waals surface area contributed by atoms with E-state index in [1.807, 2.05) is 0 Å². The molecule has 0 spiro atoms. The van der Waals surface area contributed by atoms with E-state index in [0.29, 0.717) is 0 Å². The molecular formula is C5H2Br3Cl3O2. The van der Waals surface area contributed by atoms with Crippen molar-refractivity contribution in [1.29, 1.82) is 0 Å². The van der Waals surface area contributed by atoms with Crippen LogP contribution < -0.4 is 0 Å². The molecule has 0 aromatic heterocycles. The summed E-state index contributed by atoms with van der Waals surface area (Å²) in [5, 5.41) is 8.50. The monoisotopic (exact) mass is 436 g/mol. The normalized spacial score (nSPS) is 14.5. The molecule has 0 atom stereocenters. The topological polar surface area (TPSA) is 37.3 Å². The Morgan fingerprint density at radius 2 is 1.62 bits per heavy atom. The zero-order valence-corrected chi connectivity index (χ0v) is 12.7. The van der Waals surface area contributed by atoms with Crippen molar-refractivity contribution < 1.29 is 9.90 Å². The Morgan fingerprint density at radius 1 is 1.23 bits per heavy atom. The number of hydrogen-bond acceptors (Lipinski definition) is 1. The second-order valence-corrected chi connectivity index (χ2v) is 10.9. The molecule has 0 fully saturated rings. The van der Waals surface area contributed by atoms with E-state index in [0.717, 1.165) is 6.08 Å². The maximum absolute atomic E-state index is 10.4. The van der Waals surface area contributed by atoms with Crippen molar-refractivity contribution in [2.24, 2.45) is 0 Å². The zero-order chi connectivity index (χ0) is 10.9. The maximum atomic E-state index is 10.4. The highest BCUT2D eigenvalue weighted by Crippen LogP contribution is 2.51. The Kier molecular flexibility index (Phi) is 5.62. The highest BCUT2D eigenvalue weighted by atomic mass is 80.0. The first-order valence-electron chi connectivity index (χ1n) is 2.64. The Bertz CT molecular complexity index is 224. The van der Waals surface area contributed by atoms with Crippen LogP contribution in [0.15, 0.2) is 11.6 Å². The van der Waals surface area contributed by atoms with Crippen molar-refractivity contribution >= 4 is 88.6 Å². The summed E-state index contributed by atoms with van der Waals surface area (Å²) in [6.45, 7) is 0. The predicted octanol–water partition coefficient (Wildman–Crippen LogP) is 4.21. The van der Waals surface area contributed by atoms with Gasteiger partial charge in [0.2, 0.25) is 3.79 Å². The van der Waals surface area contributed by atoms with Gasteiger partial charge >= 0.3 is 5.97 Å². The van der Waals surface area contributed by atoms with Crippen molar-refractivity contribution in [3.8, 4) is 0 Å². The lowest BCUT2D eigenvalue weighted by Crippen LogP contribution is -2.20. The van der Waals surface area contributed by atoms with Gasteiger partial charge < -0.3 is 5.11 Å². The Labute approximate surface area is 115 Å². The van der Waals surface area contributed by atoms with Gasteiger partial charge in [-0.05, 0) is 0 Å². The summed E-state index contributed by atoms with van der Waals surface area (Å²) in [4.78, 5) is 10.4. The Hall–Kier alpha value is 1.52. The van der Waals surface area contributed by atoms with Crippen LogP contribution in [0.4, 0.5) is 0 Å². The second kappa shape index (κ2) is 5.03. The molecule has 0 aliphatic heterocycles. The molecule has 0 bridgehead atoms. The van der Waals surface area contributed by atoms with Crippen LogP contribution >= 0.6 is 82.6 Å². The van der Waals surface area contributed by atoms with Crippen molar-refractivity contribution in [3.63, 3.8) is 0 Å². The predicted molar refractivity (Wildman–Crippen MR) is 65.5 cm³/mol. The first-order chi connectivity index (χ1) is 5.55. The number of carboxylic acids is 1. The number of rotatable bonds is 1. The molecule has 76 valence electrons. The number of hydrogen-bond donors (Lipinski definition) is 1. The van der Waals surface area contributed by atoms with Gasteiger partial charge in [-0.15, -0.1) is 0 Å². The standard InChI is InChI=1S/C5H2Br3Cl3O2/c6-4(7,8)2(1-3(12)13)5(9,10)11/h1H,(H,12,13). The molecule has 0 saturated carbocycles. The van der Waals surface area contributed by atoms with Crippen molar-refractivity contribution in [2.45, 2.75) is 5.94 Å². The van der Waals surface area contributed by atoms with Crippen LogP contribution in [0.25, 0.3) is 0 Å². The Morgan fingerprint density at radius 3 is 1.69 bits per heavy atom. The van der Waals surface area contributed by atoms with E-state index in [9.17, 15) is 4.79 Å². The number of halogens is 6. The Balaban J connectivity index is 5.13. The van der Waals surface area contributed by atoms with Crippen molar-refractivity contribution in [1.82, 2.24) is 0 Å². The smallest absolute Gasteiger partial charge is 0.328 e. The number of alkyl halides is 6. The number of carboxylic acid groups (broad SMARTS) is 1. The summed E-state index contributed by atoms with van der Waals surface area (Å²) in [5.41, 5.74) is 0.0116. The molecule has 0 aliphatic carbocycles. The number of allylic oxidation sites excluding steroid dienone is 1. The van der Waals surface area contributed by atoms with Crippen LogP contribution in [0.3, 0.4) is 0 Å². The van der Waals surface area contributed by atoms with Gasteiger partial charge in [-0.1, -0.05) is 82.6 Å². The molecule has 0 saturated heterocycles. The first-order valence-corrected chi connectivity index (χ1v) is 6.15. The van der Waals surface area contributed by atoms with Gasteiger partial charge in [0.25, 0.3) is 0 Å². The fraction of sp³-hybridized carbons (Fsp3) is 0.400. The SMILES string of the molecule is O=C(O)C=C(C(Cl)(Cl)Cl)C(Br)(Br)Br. The van der Waals surface area contributed by atoms with Crippen LogP contribution in [0, 0.1) is 0 Å². The van der Waals surface area contributed by atoms with Crippen LogP contribution in [0.2, 0.25) is 0 Å². The molecule has 1 N–H and O–H groups in total. The van der Waals surface area contributed by atoms with Gasteiger partial charge in [0, 0.05) is 11.6 Å². The summed E-state index contributed by atoms with van der Waals surface area (Å²) in [6, 6.07) is 0. The minimum absolute atomic E-state index is 0.0116. The minimum atomic E-state index is -1.81. The third kappa shape index (κ3) is 5.85. The molecule has 0 rings (SSSR count). The lowest BCUT2D eigenvalue weighted by atomic mass is 10.3. The highest BCUT2D eigenvalue weighted by Gasteiger charge is 2.39. The average Bonchev–Trinajstić information content (AvgIpc) is 1.77. The van der Waals surface area contributed by atoms with Crippen LogP contribution in [-0.4, -0.2) is 17.0 Å². The zero-order valence-electron chi connectivity index (χ0n) is 5.70. The van der Waals surface area contributed by atoms with Crippen molar-refractivity contribution in [2.75, 3.05) is 0 Å². The van der Waals surface area contributed by atoms with Gasteiger partial charge in [-0.2, -0.15) is 0 Å². The lowest BCUT2D eigenvalue weighted by molar-refractivity contribution is -0.131. The van der Waals surface area contributed by atoms with Crippen molar-refractivity contribution in [3.05, 3.63) is 11.6 Å².